The van der Waals surface area contributed by atoms with Gasteiger partial charge in [-0.25, -0.2) is 0 Å². The molecule has 1 aromatic carbocycles. The van der Waals surface area contributed by atoms with Crippen molar-refractivity contribution >= 4 is 11.6 Å². The molecule has 4 atom stereocenters. The minimum Gasteiger partial charge on any atom is -0.339 e. The Bertz CT molecular complexity index is 927. The number of pyridine rings is 1. The van der Waals surface area contributed by atoms with Crippen LogP contribution in [0.15, 0.2) is 53.3 Å². The Balaban J connectivity index is 1.54. The van der Waals surface area contributed by atoms with Crippen LogP contribution >= 0.6 is 11.6 Å². The Morgan fingerprint density at radius 1 is 1.15 bits per heavy atom. The van der Waals surface area contributed by atoms with Crippen LogP contribution in [0.4, 0.5) is 0 Å². The molecule has 0 amide bonds. The second-order valence-electron chi connectivity index (χ2n) is 7.58. The maximum Gasteiger partial charge on any atom is 0.232 e. The van der Waals surface area contributed by atoms with E-state index in [0.29, 0.717) is 23.8 Å². The lowest BCUT2D eigenvalue weighted by Crippen LogP contribution is -2.44. The molecule has 0 aliphatic carbocycles. The fourth-order valence-corrected chi connectivity index (χ4v) is 4.97. The van der Waals surface area contributed by atoms with Crippen molar-refractivity contribution in [3.05, 3.63) is 65.3 Å². The molecule has 4 unspecified atom stereocenters. The largest absolute Gasteiger partial charge is 0.339 e. The van der Waals surface area contributed by atoms with E-state index in [1.165, 1.54) is 18.4 Å². The number of nitrogens with zero attached hydrogens (tertiary/aromatic N) is 4. The van der Waals surface area contributed by atoms with E-state index in [0.717, 1.165) is 22.9 Å². The highest BCUT2D eigenvalue weighted by Gasteiger charge is 2.48. The first-order valence-corrected chi connectivity index (χ1v) is 9.80. The Labute approximate surface area is 163 Å². The van der Waals surface area contributed by atoms with Crippen molar-refractivity contribution in [2.24, 2.45) is 0 Å². The van der Waals surface area contributed by atoms with Crippen LogP contribution in [-0.4, -0.2) is 39.2 Å². The van der Waals surface area contributed by atoms with E-state index >= 15 is 0 Å². The lowest BCUT2D eigenvalue weighted by molar-refractivity contribution is 0.120. The molecule has 0 spiro atoms. The third-order valence-electron chi connectivity index (χ3n) is 6.21. The first-order chi connectivity index (χ1) is 13.2. The summed E-state index contributed by atoms with van der Waals surface area (Å²) >= 11 is 6.11. The Hall–Kier alpha value is -2.24. The molecule has 5 rings (SSSR count). The molecular formula is C21H21ClN4O. The molecule has 6 heteroatoms. The van der Waals surface area contributed by atoms with Crippen LogP contribution in [0.25, 0.3) is 11.4 Å². The summed E-state index contributed by atoms with van der Waals surface area (Å²) in [6, 6.07) is 13.1. The van der Waals surface area contributed by atoms with E-state index in [9.17, 15) is 0 Å². The van der Waals surface area contributed by atoms with Gasteiger partial charge in [-0.2, -0.15) is 4.98 Å². The number of benzene rings is 1. The second kappa shape index (κ2) is 6.73. The molecule has 4 heterocycles. The van der Waals surface area contributed by atoms with Gasteiger partial charge in [0.05, 0.1) is 5.92 Å². The van der Waals surface area contributed by atoms with Crippen molar-refractivity contribution < 1.29 is 4.52 Å². The molecule has 2 saturated heterocycles. The highest BCUT2D eigenvalue weighted by Crippen LogP contribution is 2.50. The van der Waals surface area contributed by atoms with Gasteiger partial charge in [-0.3, -0.25) is 9.88 Å². The molecule has 0 radical (unpaired) electrons. The van der Waals surface area contributed by atoms with Gasteiger partial charge in [0.25, 0.3) is 0 Å². The van der Waals surface area contributed by atoms with Crippen molar-refractivity contribution in [3.8, 4) is 11.4 Å². The van der Waals surface area contributed by atoms with Crippen molar-refractivity contribution in [1.29, 1.82) is 0 Å². The van der Waals surface area contributed by atoms with E-state index < -0.39 is 0 Å². The Kier molecular flexibility index (Phi) is 4.21. The highest BCUT2D eigenvalue weighted by atomic mass is 35.5. The van der Waals surface area contributed by atoms with E-state index in [4.69, 9.17) is 21.1 Å². The summed E-state index contributed by atoms with van der Waals surface area (Å²) in [5.74, 6) is 1.88. The third-order valence-corrected chi connectivity index (χ3v) is 6.47. The predicted octanol–water partition coefficient (Wildman–Crippen LogP) is 4.52. The van der Waals surface area contributed by atoms with Gasteiger partial charge in [-0.15, -0.1) is 0 Å². The quantitative estimate of drug-likeness (QED) is 0.668. The molecule has 0 saturated carbocycles. The summed E-state index contributed by atoms with van der Waals surface area (Å²) in [6.45, 7) is 0. The van der Waals surface area contributed by atoms with Gasteiger partial charge in [0, 0.05) is 35.1 Å². The summed E-state index contributed by atoms with van der Waals surface area (Å²) < 4.78 is 5.79. The molecule has 2 aromatic heterocycles. The van der Waals surface area contributed by atoms with Crippen molar-refractivity contribution in [2.45, 2.75) is 43.2 Å². The van der Waals surface area contributed by atoms with Gasteiger partial charge >= 0.3 is 0 Å². The fourth-order valence-electron chi connectivity index (χ4n) is 4.84. The van der Waals surface area contributed by atoms with Crippen molar-refractivity contribution in [2.75, 3.05) is 7.05 Å². The first kappa shape index (κ1) is 16.9. The molecule has 27 heavy (non-hydrogen) atoms. The fraction of sp³-hybridized carbons (Fsp3) is 0.381. The van der Waals surface area contributed by atoms with Gasteiger partial charge in [0.1, 0.15) is 0 Å². The maximum atomic E-state index is 6.11. The van der Waals surface area contributed by atoms with Gasteiger partial charge in [0.2, 0.25) is 11.7 Å². The van der Waals surface area contributed by atoms with Gasteiger partial charge in [-0.05, 0) is 62.1 Å². The lowest BCUT2D eigenvalue weighted by Gasteiger charge is -2.41. The van der Waals surface area contributed by atoms with Crippen LogP contribution in [0.3, 0.4) is 0 Å². The Morgan fingerprint density at radius 2 is 2.00 bits per heavy atom. The number of halogens is 1. The number of fused-ring (bicyclic) bond motifs is 2. The van der Waals surface area contributed by atoms with Gasteiger partial charge in [-0.1, -0.05) is 28.9 Å². The normalized spacial score (nSPS) is 27.8. The zero-order valence-corrected chi connectivity index (χ0v) is 15.9. The van der Waals surface area contributed by atoms with E-state index in [2.05, 4.69) is 34.2 Å². The summed E-state index contributed by atoms with van der Waals surface area (Å²) in [7, 11) is 2.23. The topological polar surface area (TPSA) is 55.1 Å². The summed E-state index contributed by atoms with van der Waals surface area (Å²) in [5.41, 5.74) is 2.18. The minimum absolute atomic E-state index is 0.188. The SMILES string of the molecule is CN1C2CCC1C(c1nc(-c3cccnc3)no1)C(c1ccc(Cl)cc1)C2. The molecule has 138 valence electrons. The first-order valence-electron chi connectivity index (χ1n) is 9.42. The minimum atomic E-state index is 0.188. The van der Waals surface area contributed by atoms with Crippen molar-refractivity contribution in [3.63, 3.8) is 0 Å². The van der Waals surface area contributed by atoms with Crippen LogP contribution in [0.5, 0.6) is 0 Å². The number of rotatable bonds is 3. The molecule has 0 N–H and O–H groups in total. The van der Waals surface area contributed by atoms with Crippen LogP contribution in [0.1, 0.15) is 42.6 Å². The number of piperidine rings is 1. The average Bonchev–Trinajstić information content (AvgIpc) is 3.26. The van der Waals surface area contributed by atoms with Gasteiger partial charge in [0.15, 0.2) is 0 Å². The van der Waals surface area contributed by atoms with Crippen LogP contribution < -0.4 is 0 Å². The molecule has 2 aliphatic rings. The average molecular weight is 381 g/mol. The number of likely N-dealkylation sites (N-methyl/N-ethyl adjacent to an activating group) is 1. The molecule has 2 fully saturated rings. The van der Waals surface area contributed by atoms with Crippen LogP contribution in [0, 0.1) is 0 Å². The van der Waals surface area contributed by atoms with Crippen LogP contribution in [-0.2, 0) is 0 Å². The molecule has 3 aromatic rings. The predicted molar refractivity (Wildman–Crippen MR) is 104 cm³/mol. The molecular weight excluding hydrogens is 360 g/mol. The monoisotopic (exact) mass is 380 g/mol. The zero-order chi connectivity index (χ0) is 18.4. The Morgan fingerprint density at radius 3 is 2.78 bits per heavy atom. The standard InChI is InChI=1S/C21H21ClN4O/c1-26-16-8-9-18(26)19(17(11-16)13-4-6-15(22)7-5-13)21-24-20(25-27-21)14-3-2-10-23-12-14/h2-7,10,12,16-19H,8-9,11H2,1H3. The lowest BCUT2D eigenvalue weighted by atomic mass is 9.76. The van der Waals surface area contributed by atoms with E-state index in [-0.39, 0.29) is 5.92 Å². The van der Waals surface area contributed by atoms with Crippen molar-refractivity contribution in [1.82, 2.24) is 20.0 Å². The summed E-state index contributed by atoms with van der Waals surface area (Å²) in [6.07, 6.45) is 7.01. The van der Waals surface area contributed by atoms with Gasteiger partial charge < -0.3 is 4.52 Å². The third kappa shape index (κ3) is 2.95. The summed E-state index contributed by atoms with van der Waals surface area (Å²) in [5, 5.41) is 5.01. The smallest absolute Gasteiger partial charge is 0.232 e. The second-order valence-corrected chi connectivity index (χ2v) is 8.02. The molecule has 2 bridgehead atoms. The number of hydrogen-bond donors (Lipinski definition) is 0. The number of aromatic nitrogens is 3. The van der Waals surface area contributed by atoms with E-state index in [1.54, 1.807) is 12.4 Å². The number of hydrogen-bond acceptors (Lipinski definition) is 5. The van der Waals surface area contributed by atoms with Crippen LogP contribution in [0.2, 0.25) is 5.02 Å². The maximum absolute atomic E-state index is 6.11. The molecule has 2 aliphatic heterocycles. The highest BCUT2D eigenvalue weighted by molar-refractivity contribution is 6.30. The summed E-state index contributed by atoms with van der Waals surface area (Å²) in [4.78, 5) is 11.4. The zero-order valence-electron chi connectivity index (χ0n) is 15.1. The van der Waals surface area contributed by atoms with E-state index in [1.807, 2.05) is 24.3 Å². The molecule has 5 nitrogen and oxygen atoms in total.